The average molecular weight is 362 g/mol. The molecule has 0 spiro atoms. The van der Waals surface area contributed by atoms with E-state index in [9.17, 15) is 4.79 Å². The highest BCUT2D eigenvalue weighted by Crippen LogP contribution is 2.09. The minimum absolute atomic E-state index is 0.433. The fourth-order valence-corrected chi connectivity index (χ4v) is 3.78. The van der Waals surface area contributed by atoms with Crippen molar-refractivity contribution < 1.29 is 14.6 Å². The van der Waals surface area contributed by atoms with E-state index in [0.29, 0.717) is 12.2 Å². The van der Waals surface area contributed by atoms with Gasteiger partial charge in [-0.2, -0.15) is 4.89 Å². The Morgan fingerprint density at radius 3 is 2.12 bits per heavy atom. The molecule has 1 aromatic carbocycles. The van der Waals surface area contributed by atoms with Crippen LogP contribution in [0.5, 0.6) is 0 Å². The first kappa shape index (κ1) is 21.6. The number of rotatable bonds is 13. The molecule has 0 aliphatic rings. The summed E-state index contributed by atoms with van der Waals surface area (Å²) in [5.41, 5.74) is 2.55. The van der Waals surface area contributed by atoms with Crippen molar-refractivity contribution in [3.8, 4) is 0 Å². The second-order valence-electron chi connectivity index (χ2n) is 7.02. The molecular formula is C21H33O3Si. The van der Waals surface area contributed by atoms with E-state index < -0.39 is 14.0 Å². The van der Waals surface area contributed by atoms with E-state index in [0.717, 1.165) is 19.3 Å². The van der Waals surface area contributed by atoms with Gasteiger partial charge in [0, 0.05) is 0 Å². The van der Waals surface area contributed by atoms with Gasteiger partial charge in [-0.1, -0.05) is 88.0 Å². The predicted octanol–water partition coefficient (Wildman–Crippen LogP) is 5.37. The molecule has 0 bridgehead atoms. The van der Waals surface area contributed by atoms with Crippen molar-refractivity contribution >= 4 is 19.2 Å². The van der Waals surface area contributed by atoms with Crippen LogP contribution in [0.3, 0.4) is 0 Å². The van der Waals surface area contributed by atoms with E-state index >= 15 is 0 Å². The monoisotopic (exact) mass is 361 g/mol. The number of carbonyl (C=O) groups excluding carboxylic acids is 1. The van der Waals surface area contributed by atoms with E-state index in [1.54, 1.807) is 12.1 Å². The molecule has 0 aliphatic carbocycles. The fourth-order valence-electron chi connectivity index (χ4n) is 2.52. The van der Waals surface area contributed by atoms with E-state index in [1.807, 2.05) is 17.8 Å². The largest absolute Gasteiger partial charge is 0.373 e. The third kappa shape index (κ3) is 8.50. The van der Waals surface area contributed by atoms with Crippen LogP contribution in [0.2, 0.25) is 13.1 Å². The highest BCUT2D eigenvalue weighted by Gasteiger charge is 2.19. The van der Waals surface area contributed by atoms with Crippen LogP contribution in [0.25, 0.3) is 0 Å². The Hall–Kier alpha value is -1.39. The Labute approximate surface area is 154 Å². The molecule has 0 saturated carbocycles. The van der Waals surface area contributed by atoms with Gasteiger partial charge in [-0.15, -0.1) is 6.58 Å². The molecule has 0 amide bonds. The van der Waals surface area contributed by atoms with Crippen molar-refractivity contribution in [1.82, 2.24) is 0 Å². The van der Waals surface area contributed by atoms with Gasteiger partial charge in [0.15, 0.2) is 0 Å². The molecule has 0 saturated heterocycles. The number of unbranched alkanes of at least 4 members (excludes halogenated alkanes) is 7. The molecular weight excluding hydrogens is 328 g/mol. The third-order valence-corrected chi connectivity index (χ3v) is 7.33. The molecule has 0 unspecified atom stereocenters. The Balaban J connectivity index is 2.17. The van der Waals surface area contributed by atoms with Crippen LogP contribution in [-0.2, 0) is 9.78 Å². The first-order valence-electron chi connectivity index (χ1n) is 9.38. The maximum absolute atomic E-state index is 11.9. The van der Waals surface area contributed by atoms with Crippen LogP contribution in [0.4, 0.5) is 0 Å². The number of hydrogen-bond acceptors (Lipinski definition) is 3. The zero-order chi connectivity index (χ0) is 18.5. The van der Waals surface area contributed by atoms with Crippen molar-refractivity contribution in [2.45, 2.75) is 64.5 Å². The molecule has 4 heteroatoms. The summed E-state index contributed by atoms with van der Waals surface area (Å²) < 4.78 is 0. The van der Waals surface area contributed by atoms with Crippen LogP contribution in [0.1, 0.15) is 61.7 Å². The van der Waals surface area contributed by atoms with E-state index in [4.69, 9.17) is 9.78 Å². The molecule has 1 radical (unpaired) electrons. The molecule has 1 aromatic rings. The van der Waals surface area contributed by atoms with Gasteiger partial charge in [0.2, 0.25) is 0 Å². The predicted molar refractivity (Wildman–Crippen MR) is 107 cm³/mol. The molecule has 0 heterocycles. The van der Waals surface area contributed by atoms with Crippen molar-refractivity contribution in [1.29, 1.82) is 0 Å². The van der Waals surface area contributed by atoms with E-state index in [2.05, 4.69) is 26.6 Å². The minimum atomic E-state index is -1.59. The van der Waals surface area contributed by atoms with E-state index in [-0.39, 0.29) is 0 Å². The summed E-state index contributed by atoms with van der Waals surface area (Å²) in [6.45, 7) is 12.6. The summed E-state index contributed by atoms with van der Waals surface area (Å²) in [5, 5.41) is 1.25. The lowest BCUT2D eigenvalue weighted by atomic mass is 10.1. The molecule has 25 heavy (non-hydrogen) atoms. The maximum atomic E-state index is 11.9. The quantitative estimate of drug-likeness (QED) is 0.205. The van der Waals surface area contributed by atoms with Gasteiger partial charge in [-0.3, -0.25) is 4.89 Å². The Morgan fingerprint density at radius 1 is 1.00 bits per heavy atom. The lowest BCUT2D eigenvalue weighted by Gasteiger charge is -2.17. The molecule has 3 nitrogen and oxygen atoms in total. The van der Waals surface area contributed by atoms with E-state index in [1.165, 1.54) is 37.3 Å². The molecule has 0 fully saturated rings. The summed E-state index contributed by atoms with van der Waals surface area (Å²) in [6, 6.07) is 7.56. The van der Waals surface area contributed by atoms with Gasteiger partial charge in [0.05, 0.1) is 12.2 Å². The van der Waals surface area contributed by atoms with Crippen LogP contribution in [0.15, 0.2) is 36.5 Å². The van der Waals surface area contributed by atoms with Crippen molar-refractivity contribution in [2.75, 3.05) is 6.61 Å². The SMILES string of the molecule is [CH2]CCCCCCCCCOOC(=O)c1ccc([Si](C)(C)C=C)cc1. The lowest BCUT2D eigenvalue weighted by Crippen LogP contribution is -2.39. The van der Waals surface area contributed by atoms with Gasteiger partial charge >= 0.3 is 5.97 Å². The average Bonchev–Trinajstić information content (AvgIpc) is 2.63. The highest BCUT2D eigenvalue weighted by molar-refractivity contribution is 6.93. The first-order chi connectivity index (χ1) is 12.0. The summed E-state index contributed by atoms with van der Waals surface area (Å²) in [4.78, 5) is 21.9. The molecule has 0 aromatic heterocycles. The highest BCUT2D eigenvalue weighted by atomic mass is 28.3. The van der Waals surface area contributed by atoms with Crippen molar-refractivity contribution in [3.63, 3.8) is 0 Å². The summed E-state index contributed by atoms with van der Waals surface area (Å²) in [6.07, 6.45) is 9.33. The van der Waals surface area contributed by atoms with Crippen LogP contribution in [-0.4, -0.2) is 20.7 Å². The summed E-state index contributed by atoms with van der Waals surface area (Å²) >= 11 is 0. The van der Waals surface area contributed by atoms with Gasteiger partial charge in [-0.05, 0) is 18.6 Å². The van der Waals surface area contributed by atoms with Gasteiger partial charge in [0.1, 0.15) is 8.07 Å². The number of hydrogen-bond donors (Lipinski definition) is 0. The standard InChI is InChI=1S/C21H33O3Si/c1-5-7-8-9-10-11-12-13-18-23-24-21(22)19-14-16-20(17-15-19)25(3,4)6-2/h6,14-17H,1-2,5,7-13,18H2,3-4H3. The van der Waals surface area contributed by atoms with Crippen LogP contribution >= 0.6 is 0 Å². The maximum Gasteiger partial charge on any atom is 0.373 e. The van der Waals surface area contributed by atoms with Gasteiger partial charge in [0.25, 0.3) is 0 Å². The normalized spacial score (nSPS) is 11.3. The second-order valence-corrected chi connectivity index (χ2v) is 11.5. The van der Waals surface area contributed by atoms with Crippen molar-refractivity contribution in [2.24, 2.45) is 0 Å². The van der Waals surface area contributed by atoms with Crippen LogP contribution < -0.4 is 5.19 Å². The lowest BCUT2D eigenvalue weighted by molar-refractivity contribution is -0.241. The van der Waals surface area contributed by atoms with Gasteiger partial charge in [-0.25, -0.2) is 4.79 Å². The molecule has 0 N–H and O–H groups in total. The Morgan fingerprint density at radius 2 is 1.56 bits per heavy atom. The van der Waals surface area contributed by atoms with Crippen molar-refractivity contribution in [3.05, 3.63) is 49.0 Å². The third-order valence-electron chi connectivity index (χ3n) is 4.49. The Kier molecular flexibility index (Phi) is 10.4. The molecule has 139 valence electrons. The first-order valence-corrected chi connectivity index (χ1v) is 12.5. The zero-order valence-corrected chi connectivity index (χ0v) is 16.9. The molecule has 0 aliphatic heterocycles. The topological polar surface area (TPSA) is 35.5 Å². The van der Waals surface area contributed by atoms with Crippen LogP contribution in [0, 0.1) is 6.92 Å². The zero-order valence-electron chi connectivity index (χ0n) is 15.9. The summed E-state index contributed by atoms with van der Waals surface area (Å²) in [7, 11) is -1.59. The minimum Gasteiger partial charge on any atom is -0.293 e. The number of benzene rings is 1. The smallest absolute Gasteiger partial charge is 0.293 e. The summed E-state index contributed by atoms with van der Waals surface area (Å²) in [5.74, 6) is -0.433. The molecule has 1 rings (SSSR count). The second kappa shape index (κ2) is 12.0. The fraction of sp³-hybridized carbons (Fsp3) is 0.524. The molecule has 0 atom stereocenters. The van der Waals surface area contributed by atoms with Gasteiger partial charge < -0.3 is 0 Å². The number of carbonyl (C=O) groups is 1. The Bertz CT molecular complexity index is 508.